The lowest BCUT2D eigenvalue weighted by Crippen LogP contribution is -2.44. The highest BCUT2D eigenvalue weighted by Gasteiger charge is 2.24. The molecule has 1 saturated heterocycles. The highest BCUT2D eigenvalue weighted by Crippen LogP contribution is 2.18. The van der Waals surface area contributed by atoms with Crippen LogP contribution in [0.1, 0.15) is 36.4 Å². The maximum atomic E-state index is 11.5. The van der Waals surface area contributed by atoms with E-state index in [1.54, 1.807) is 0 Å². The predicted octanol–water partition coefficient (Wildman–Crippen LogP) is -0.214. The zero-order valence-corrected chi connectivity index (χ0v) is 10.8. The minimum atomic E-state index is -0.292. The van der Waals surface area contributed by atoms with Gasteiger partial charge in [0.2, 0.25) is 5.89 Å². The Labute approximate surface area is 106 Å². The number of aromatic nitrogens is 2. The van der Waals surface area contributed by atoms with Crippen molar-refractivity contribution in [1.82, 2.24) is 25.7 Å². The van der Waals surface area contributed by atoms with E-state index >= 15 is 0 Å². The van der Waals surface area contributed by atoms with E-state index < -0.39 is 0 Å². The van der Waals surface area contributed by atoms with Crippen molar-refractivity contribution in [3.8, 4) is 0 Å². The lowest BCUT2D eigenvalue weighted by Gasteiger charge is -2.30. The first-order valence-corrected chi connectivity index (χ1v) is 6.29. The van der Waals surface area contributed by atoms with Gasteiger partial charge in [-0.05, 0) is 13.8 Å². The van der Waals surface area contributed by atoms with E-state index in [0.29, 0.717) is 12.4 Å². The van der Waals surface area contributed by atoms with Crippen LogP contribution >= 0.6 is 0 Å². The molecular formula is C11H19N5O2. The summed E-state index contributed by atoms with van der Waals surface area (Å²) >= 11 is 0. The van der Waals surface area contributed by atoms with Crippen molar-refractivity contribution < 1.29 is 9.32 Å². The Morgan fingerprint density at radius 3 is 2.94 bits per heavy atom. The molecule has 0 bridgehead atoms. The van der Waals surface area contributed by atoms with E-state index in [-0.39, 0.29) is 17.8 Å². The molecule has 7 nitrogen and oxygen atoms in total. The number of nitrogens with zero attached hydrogens (tertiary/aromatic N) is 3. The fraction of sp³-hybridized carbons (Fsp3) is 0.727. The Morgan fingerprint density at radius 2 is 2.28 bits per heavy atom. The molecule has 1 aliphatic rings. The minimum Gasteiger partial charge on any atom is -0.349 e. The maximum Gasteiger partial charge on any atom is 0.292 e. The fourth-order valence-electron chi connectivity index (χ4n) is 1.96. The van der Waals surface area contributed by atoms with Gasteiger partial charge in [0.1, 0.15) is 0 Å². The van der Waals surface area contributed by atoms with Gasteiger partial charge in [-0.25, -0.2) is 0 Å². The van der Waals surface area contributed by atoms with Crippen LogP contribution in [0.15, 0.2) is 4.52 Å². The summed E-state index contributed by atoms with van der Waals surface area (Å²) in [7, 11) is 0. The molecule has 1 aromatic rings. The number of hydrogen-bond acceptors (Lipinski definition) is 6. The normalized spacial score (nSPS) is 18.6. The summed E-state index contributed by atoms with van der Waals surface area (Å²) < 4.78 is 5.16. The molecule has 0 spiro atoms. The van der Waals surface area contributed by atoms with Crippen molar-refractivity contribution in [3.05, 3.63) is 11.7 Å². The van der Waals surface area contributed by atoms with Gasteiger partial charge in [0.05, 0.1) is 6.04 Å². The van der Waals surface area contributed by atoms with Crippen molar-refractivity contribution in [2.75, 3.05) is 32.7 Å². The fourth-order valence-corrected chi connectivity index (χ4v) is 1.96. The average molecular weight is 253 g/mol. The molecule has 1 unspecified atom stereocenters. The summed E-state index contributed by atoms with van der Waals surface area (Å²) in [6.45, 7) is 8.22. The summed E-state index contributed by atoms with van der Waals surface area (Å²) in [6.07, 6.45) is 0. The van der Waals surface area contributed by atoms with Crippen LogP contribution in [0.4, 0.5) is 0 Å². The molecule has 0 saturated carbocycles. The topological polar surface area (TPSA) is 83.3 Å². The molecule has 0 aromatic carbocycles. The molecule has 1 atom stereocenters. The minimum absolute atomic E-state index is 0.0442. The maximum absolute atomic E-state index is 11.5. The molecule has 2 rings (SSSR count). The third-order valence-electron chi connectivity index (χ3n) is 3.04. The molecule has 7 heteroatoms. The Hall–Kier alpha value is -1.47. The number of carbonyl (C=O) groups is 1. The molecular weight excluding hydrogens is 234 g/mol. The number of piperazine rings is 1. The van der Waals surface area contributed by atoms with Crippen LogP contribution in [0.5, 0.6) is 0 Å². The van der Waals surface area contributed by atoms with Crippen LogP contribution in [-0.2, 0) is 0 Å². The average Bonchev–Trinajstić information content (AvgIpc) is 2.89. The van der Waals surface area contributed by atoms with Gasteiger partial charge in [-0.1, -0.05) is 5.16 Å². The van der Waals surface area contributed by atoms with E-state index in [9.17, 15) is 4.79 Å². The van der Waals surface area contributed by atoms with E-state index in [0.717, 1.165) is 26.2 Å². The second-order valence-corrected chi connectivity index (χ2v) is 4.28. The first-order chi connectivity index (χ1) is 8.72. The van der Waals surface area contributed by atoms with E-state index in [4.69, 9.17) is 4.52 Å². The van der Waals surface area contributed by atoms with Crippen LogP contribution in [0, 0.1) is 0 Å². The quantitative estimate of drug-likeness (QED) is 0.772. The summed E-state index contributed by atoms with van der Waals surface area (Å²) in [5, 5.41) is 9.65. The van der Waals surface area contributed by atoms with Crippen molar-refractivity contribution in [1.29, 1.82) is 0 Å². The number of hydrogen-bond donors (Lipinski definition) is 2. The van der Waals surface area contributed by atoms with Crippen molar-refractivity contribution >= 4 is 5.91 Å². The van der Waals surface area contributed by atoms with Gasteiger partial charge in [-0.15, -0.1) is 0 Å². The Balaban J connectivity index is 2.02. The summed E-state index contributed by atoms with van der Waals surface area (Å²) in [6, 6.07) is 0.0442. The van der Waals surface area contributed by atoms with Crippen molar-refractivity contribution in [3.63, 3.8) is 0 Å². The molecule has 0 aliphatic carbocycles. The third kappa shape index (κ3) is 2.85. The molecule has 1 fully saturated rings. The van der Waals surface area contributed by atoms with E-state index in [1.165, 1.54) is 0 Å². The first-order valence-electron chi connectivity index (χ1n) is 6.29. The zero-order valence-electron chi connectivity index (χ0n) is 10.8. The molecule has 2 N–H and O–H groups in total. The third-order valence-corrected chi connectivity index (χ3v) is 3.04. The molecule has 1 aromatic heterocycles. The van der Waals surface area contributed by atoms with Gasteiger partial charge in [-0.3, -0.25) is 9.69 Å². The summed E-state index contributed by atoms with van der Waals surface area (Å²) in [4.78, 5) is 17.9. The van der Waals surface area contributed by atoms with Gasteiger partial charge in [-0.2, -0.15) is 4.98 Å². The van der Waals surface area contributed by atoms with Gasteiger partial charge in [0, 0.05) is 32.7 Å². The second-order valence-electron chi connectivity index (χ2n) is 4.28. The zero-order chi connectivity index (χ0) is 13.0. The van der Waals surface area contributed by atoms with Gasteiger partial charge in [0.25, 0.3) is 11.7 Å². The number of carbonyl (C=O) groups excluding carboxylic acids is 1. The number of amides is 1. The highest BCUT2D eigenvalue weighted by molar-refractivity contribution is 5.90. The molecule has 18 heavy (non-hydrogen) atoms. The molecule has 100 valence electrons. The van der Waals surface area contributed by atoms with Gasteiger partial charge >= 0.3 is 0 Å². The van der Waals surface area contributed by atoms with Crippen molar-refractivity contribution in [2.24, 2.45) is 0 Å². The lowest BCUT2D eigenvalue weighted by atomic mass is 10.2. The Kier molecular flexibility index (Phi) is 4.27. The molecule has 1 aliphatic heterocycles. The van der Waals surface area contributed by atoms with Crippen LogP contribution in [-0.4, -0.2) is 53.7 Å². The van der Waals surface area contributed by atoms with E-state index in [2.05, 4.69) is 25.7 Å². The molecule has 2 heterocycles. The first kappa shape index (κ1) is 13.0. The largest absolute Gasteiger partial charge is 0.349 e. The van der Waals surface area contributed by atoms with Crippen LogP contribution in [0.3, 0.4) is 0 Å². The predicted molar refractivity (Wildman–Crippen MR) is 65.2 cm³/mol. The lowest BCUT2D eigenvalue weighted by molar-refractivity contribution is 0.0942. The number of rotatable bonds is 4. The van der Waals surface area contributed by atoms with Crippen LogP contribution in [0.2, 0.25) is 0 Å². The standard InChI is InChI=1S/C11H19N5O2/c1-3-13-10(17)9-14-11(18-15-9)8(2)16-6-4-12-5-7-16/h8,12H,3-7H2,1-2H3,(H,13,17). The molecule has 1 amide bonds. The Bertz CT molecular complexity index is 400. The number of nitrogens with one attached hydrogen (secondary N) is 2. The van der Waals surface area contributed by atoms with E-state index in [1.807, 2.05) is 13.8 Å². The van der Waals surface area contributed by atoms with Gasteiger partial charge < -0.3 is 15.2 Å². The van der Waals surface area contributed by atoms with Crippen LogP contribution < -0.4 is 10.6 Å². The summed E-state index contributed by atoms with van der Waals surface area (Å²) in [5.74, 6) is 0.312. The summed E-state index contributed by atoms with van der Waals surface area (Å²) in [5.41, 5.74) is 0. The highest BCUT2D eigenvalue weighted by atomic mass is 16.5. The van der Waals surface area contributed by atoms with Crippen molar-refractivity contribution in [2.45, 2.75) is 19.9 Å². The molecule has 0 radical (unpaired) electrons. The smallest absolute Gasteiger partial charge is 0.292 e. The second kappa shape index (κ2) is 5.92. The van der Waals surface area contributed by atoms with Gasteiger partial charge in [0.15, 0.2) is 0 Å². The Morgan fingerprint density at radius 1 is 1.56 bits per heavy atom. The van der Waals surface area contributed by atoms with Crippen LogP contribution in [0.25, 0.3) is 0 Å². The monoisotopic (exact) mass is 253 g/mol. The SMILES string of the molecule is CCNC(=O)c1noc(C(C)N2CCNCC2)n1.